The molecule has 0 atom stereocenters. The maximum absolute atomic E-state index is 11.6. The van der Waals surface area contributed by atoms with Crippen molar-refractivity contribution in [1.82, 2.24) is 9.55 Å². The summed E-state index contributed by atoms with van der Waals surface area (Å²) in [6.07, 6.45) is 1.80. The van der Waals surface area contributed by atoms with Crippen LogP contribution in [0.25, 0.3) is 16.7 Å². The molecule has 0 aliphatic carbocycles. The highest BCUT2D eigenvalue weighted by Crippen LogP contribution is 2.18. The molecule has 0 fully saturated rings. The zero-order valence-corrected chi connectivity index (χ0v) is 13.8. The molecule has 0 unspecified atom stereocenters. The highest BCUT2D eigenvalue weighted by molar-refractivity contribution is 9.09. The molecule has 0 bridgehead atoms. The largest absolute Gasteiger partial charge is 0.299 e. The Morgan fingerprint density at radius 1 is 1.10 bits per heavy atom. The van der Waals surface area contributed by atoms with Crippen molar-refractivity contribution >= 4 is 49.7 Å². The minimum absolute atomic E-state index is 0. The molecule has 0 amide bonds. The number of carbonyl (C=O) groups excluding carboxylic acids is 1. The van der Waals surface area contributed by atoms with Crippen LogP contribution in [0.3, 0.4) is 0 Å². The Bertz CT molecular complexity index is 735. The third-order valence-corrected chi connectivity index (χ3v) is 3.55. The number of para-hydroxylation sites is 2. The van der Waals surface area contributed by atoms with Crippen LogP contribution >= 0.6 is 32.9 Å². The first-order chi connectivity index (χ1) is 9.29. The van der Waals surface area contributed by atoms with E-state index >= 15 is 0 Å². The average molecular weight is 396 g/mol. The zero-order valence-electron chi connectivity index (χ0n) is 10.5. The van der Waals surface area contributed by atoms with Crippen molar-refractivity contribution < 1.29 is 4.79 Å². The Hall–Kier alpha value is -1.46. The van der Waals surface area contributed by atoms with Crippen molar-refractivity contribution in [3.63, 3.8) is 0 Å². The summed E-state index contributed by atoms with van der Waals surface area (Å²) in [5.74, 6) is 0.0852. The van der Waals surface area contributed by atoms with Gasteiger partial charge in [0.25, 0.3) is 0 Å². The lowest BCUT2D eigenvalue weighted by Gasteiger charge is -2.05. The Morgan fingerprint density at radius 3 is 2.50 bits per heavy atom. The fraction of sp³-hybridized carbons (Fsp3) is 0.0667. The van der Waals surface area contributed by atoms with Gasteiger partial charge in [-0.05, 0) is 36.4 Å². The van der Waals surface area contributed by atoms with Crippen molar-refractivity contribution in [3.8, 4) is 5.69 Å². The van der Waals surface area contributed by atoms with Gasteiger partial charge in [-0.2, -0.15) is 0 Å². The van der Waals surface area contributed by atoms with Gasteiger partial charge in [-0.25, -0.2) is 4.98 Å². The molecule has 5 heteroatoms. The molecule has 0 N–H and O–H groups in total. The molecule has 102 valence electrons. The van der Waals surface area contributed by atoms with E-state index in [-0.39, 0.29) is 22.8 Å². The molecule has 3 aromatic rings. The first kappa shape index (κ1) is 14.9. The van der Waals surface area contributed by atoms with Crippen molar-refractivity contribution in [2.45, 2.75) is 0 Å². The Labute approximate surface area is 135 Å². The Balaban J connectivity index is 0.00000147. The van der Waals surface area contributed by atoms with E-state index in [1.165, 1.54) is 0 Å². The molecular formula is C15H12Br2N2O. The number of fused-ring (bicyclic) bond motifs is 1. The van der Waals surface area contributed by atoms with Gasteiger partial charge in [0.1, 0.15) is 6.33 Å². The summed E-state index contributed by atoms with van der Waals surface area (Å²) in [6.45, 7) is 0. The molecule has 20 heavy (non-hydrogen) atoms. The Kier molecular flexibility index (Phi) is 4.73. The molecule has 2 aromatic carbocycles. The SMILES string of the molecule is Br.O=C(CBr)c1ccc(-n2cnc3ccccc32)cc1. The standard InChI is InChI=1S/C15H11BrN2O.BrH/c16-9-15(19)11-5-7-12(8-6-11)18-10-17-13-3-1-2-4-14(13)18;/h1-8,10H,9H2;1H. The number of hydrogen-bond acceptors (Lipinski definition) is 2. The number of aromatic nitrogens is 2. The second kappa shape index (κ2) is 6.33. The van der Waals surface area contributed by atoms with E-state index < -0.39 is 0 Å². The fourth-order valence-corrected chi connectivity index (χ4v) is 2.37. The van der Waals surface area contributed by atoms with Crippen molar-refractivity contribution in [1.29, 1.82) is 0 Å². The van der Waals surface area contributed by atoms with Crippen molar-refractivity contribution in [3.05, 3.63) is 60.4 Å². The van der Waals surface area contributed by atoms with E-state index in [1.807, 2.05) is 53.1 Å². The summed E-state index contributed by atoms with van der Waals surface area (Å²) < 4.78 is 2.01. The van der Waals surface area contributed by atoms with Gasteiger partial charge in [-0.1, -0.05) is 28.1 Å². The molecule has 0 saturated heterocycles. The van der Waals surface area contributed by atoms with Crippen LogP contribution in [-0.4, -0.2) is 20.7 Å². The number of ketones is 1. The van der Waals surface area contributed by atoms with E-state index in [2.05, 4.69) is 20.9 Å². The highest BCUT2D eigenvalue weighted by Gasteiger charge is 2.06. The van der Waals surface area contributed by atoms with Crippen LogP contribution in [0.15, 0.2) is 54.9 Å². The summed E-state index contributed by atoms with van der Waals surface area (Å²) in [6, 6.07) is 15.5. The average Bonchev–Trinajstić information content (AvgIpc) is 2.90. The molecule has 0 aliphatic rings. The molecule has 0 saturated carbocycles. The first-order valence-corrected chi connectivity index (χ1v) is 7.03. The van der Waals surface area contributed by atoms with Crippen LogP contribution < -0.4 is 0 Å². The lowest BCUT2D eigenvalue weighted by atomic mass is 10.1. The molecule has 0 spiro atoms. The van der Waals surface area contributed by atoms with Gasteiger partial charge in [0.05, 0.1) is 16.4 Å². The number of nitrogens with zero attached hydrogens (tertiary/aromatic N) is 2. The van der Waals surface area contributed by atoms with Gasteiger partial charge < -0.3 is 0 Å². The van der Waals surface area contributed by atoms with Gasteiger partial charge >= 0.3 is 0 Å². The van der Waals surface area contributed by atoms with Crippen LogP contribution in [0, 0.1) is 0 Å². The van der Waals surface area contributed by atoms with Crippen molar-refractivity contribution in [2.75, 3.05) is 5.33 Å². The number of carbonyl (C=O) groups is 1. The quantitative estimate of drug-likeness (QED) is 0.492. The van der Waals surface area contributed by atoms with E-state index in [0.717, 1.165) is 16.7 Å². The van der Waals surface area contributed by atoms with Crippen LogP contribution in [0.1, 0.15) is 10.4 Å². The third kappa shape index (κ3) is 2.69. The minimum Gasteiger partial charge on any atom is -0.299 e. The number of halogens is 2. The predicted molar refractivity (Wildman–Crippen MR) is 89.5 cm³/mol. The second-order valence-corrected chi connectivity index (χ2v) is 4.77. The molecule has 3 rings (SSSR count). The molecule has 1 aromatic heterocycles. The number of rotatable bonds is 3. The van der Waals surface area contributed by atoms with Gasteiger partial charge in [-0.15, -0.1) is 17.0 Å². The monoisotopic (exact) mass is 394 g/mol. The summed E-state index contributed by atoms with van der Waals surface area (Å²) in [5, 5.41) is 0.348. The molecule has 0 aliphatic heterocycles. The highest BCUT2D eigenvalue weighted by atomic mass is 79.9. The van der Waals surface area contributed by atoms with Crippen LogP contribution in [-0.2, 0) is 0 Å². The molecule has 3 nitrogen and oxygen atoms in total. The van der Waals surface area contributed by atoms with Crippen LogP contribution in [0.2, 0.25) is 0 Å². The number of benzene rings is 2. The van der Waals surface area contributed by atoms with Crippen LogP contribution in [0.5, 0.6) is 0 Å². The summed E-state index contributed by atoms with van der Waals surface area (Å²) in [7, 11) is 0. The van der Waals surface area contributed by atoms with Crippen molar-refractivity contribution in [2.24, 2.45) is 0 Å². The number of imidazole rings is 1. The molecular weight excluding hydrogens is 384 g/mol. The summed E-state index contributed by atoms with van der Waals surface area (Å²) >= 11 is 3.18. The normalized spacial score (nSPS) is 10.2. The first-order valence-electron chi connectivity index (χ1n) is 5.91. The molecule has 1 heterocycles. The van der Waals surface area contributed by atoms with E-state index in [0.29, 0.717) is 10.9 Å². The number of hydrogen-bond donors (Lipinski definition) is 0. The topological polar surface area (TPSA) is 34.9 Å². The lowest BCUT2D eigenvalue weighted by Crippen LogP contribution is -2.00. The van der Waals surface area contributed by atoms with Crippen LogP contribution in [0.4, 0.5) is 0 Å². The van der Waals surface area contributed by atoms with Gasteiger partial charge in [0.2, 0.25) is 0 Å². The minimum atomic E-state index is 0. The van der Waals surface area contributed by atoms with E-state index in [1.54, 1.807) is 6.33 Å². The smallest absolute Gasteiger partial charge is 0.173 e. The fourth-order valence-electron chi connectivity index (χ4n) is 2.05. The van der Waals surface area contributed by atoms with E-state index in [9.17, 15) is 4.79 Å². The van der Waals surface area contributed by atoms with Gasteiger partial charge in [0, 0.05) is 11.3 Å². The third-order valence-electron chi connectivity index (χ3n) is 3.04. The number of Topliss-reactive ketones (excluding diaryl/α,β-unsaturated/α-hetero) is 1. The summed E-state index contributed by atoms with van der Waals surface area (Å²) in [4.78, 5) is 15.9. The summed E-state index contributed by atoms with van der Waals surface area (Å²) in [5.41, 5.74) is 3.73. The second-order valence-electron chi connectivity index (χ2n) is 4.21. The maximum Gasteiger partial charge on any atom is 0.173 e. The molecule has 0 radical (unpaired) electrons. The van der Waals surface area contributed by atoms with Gasteiger partial charge in [-0.3, -0.25) is 9.36 Å². The van der Waals surface area contributed by atoms with E-state index in [4.69, 9.17) is 0 Å². The zero-order chi connectivity index (χ0) is 13.2. The maximum atomic E-state index is 11.6. The Morgan fingerprint density at radius 2 is 1.80 bits per heavy atom. The van der Waals surface area contributed by atoms with Gasteiger partial charge in [0.15, 0.2) is 5.78 Å². The lowest BCUT2D eigenvalue weighted by molar-refractivity contribution is 0.102. The predicted octanol–water partition coefficient (Wildman–Crippen LogP) is 4.18. The number of alkyl halides is 1.